The van der Waals surface area contributed by atoms with Gasteiger partial charge in [-0.3, -0.25) is 0 Å². The predicted molar refractivity (Wildman–Crippen MR) is 150 cm³/mol. The number of urea groups is 1. The van der Waals surface area contributed by atoms with E-state index in [4.69, 9.17) is 14.2 Å². The van der Waals surface area contributed by atoms with Gasteiger partial charge in [-0.1, -0.05) is 54.6 Å². The molecule has 214 valence electrons. The molecular formula is C31H37FN2O6. The van der Waals surface area contributed by atoms with Crippen LogP contribution < -0.4 is 10.1 Å². The lowest BCUT2D eigenvalue weighted by Gasteiger charge is -2.23. The Morgan fingerprint density at radius 2 is 1.60 bits per heavy atom. The number of amides is 2. The molecule has 3 aromatic carbocycles. The zero-order chi connectivity index (χ0) is 28.6. The minimum absolute atomic E-state index is 0.197. The van der Waals surface area contributed by atoms with Gasteiger partial charge in [0.15, 0.2) is 6.10 Å². The molecule has 0 aromatic heterocycles. The van der Waals surface area contributed by atoms with Gasteiger partial charge in [0.1, 0.15) is 18.2 Å². The number of carbonyl (C=O) groups is 2. The SMILES string of the molecule is CCOC(Cc1ccc(OCCN(CCCOCc2ccc(F)cc2)C(=O)NCc2ccccc2)cc1)C(=O)O. The van der Waals surface area contributed by atoms with Gasteiger partial charge in [-0.2, -0.15) is 0 Å². The lowest BCUT2D eigenvalue weighted by atomic mass is 10.1. The highest BCUT2D eigenvalue weighted by molar-refractivity contribution is 5.74. The number of hydrogen-bond acceptors (Lipinski definition) is 5. The Balaban J connectivity index is 1.48. The summed E-state index contributed by atoms with van der Waals surface area (Å²) in [6, 6.07) is 22.8. The Morgan fingerprint density at radius 3 is 2.27 bits per heavy atom. The Morgan fingerprint density at radius 1 is 0.900 bits per heavy atom. The second kappa shape index (κ2) is 16.9. The van der Waals surface area contributed by atoms with E-state index in [1.54, 1.807) is 36.1 Å². The van der Waals surface area contributed by atoms with Crippen LogP contribution in [-0.4, -0.2) is 61.0 Å². The monoisotopic (exact) mass is 552 g/mol. The molecule has 0 aliphatic heterocycles. The van der Waals surface area contributed by atoms with Crippen LogP contribution in [0.2, 0.25) is 0 Å². The number of rotatable bonds is 17. The molecule has 0 fully saturated rings. The van der Waals surface area contributed by atoms with Crippen molar-refractivity contribution < 1.29 is 33.3 Å². The molecule has 0 bridgehead atoms. The first-order chi connectivity index (χ1) is 19.4. The number of benzene rings is 3. The number of aliphatic carboxylic acids is 1. The number of nitrogens with zero attached hydrogens (tertiary/aromatic N) is 1. The molecule has 0 heterocycles. The van der Waals surface area contributed by atoms with Gasteiger partial charge in [0.25, 0.3) is 0 Å². The molecule has 40 heavy (non-hydrogen) atoms. The largest absolute Gasteiger partial charge is 0.492 e. The average molecular weight is 553 g/mol. The number of carboxylic acid groups (broad SMARTS) is 1. The van der Waals surface area contributed by atoms with Gasteiger partial charge in [-0.25, -0.2) is 14.0 Å². The van der Waals surface area contributed by atoms with Gasteiger partial charge in [-0.05, 0) is 54.3 Å². The molecule has 2 N–H and O–H groups in total. The Kier molecular flexibility index (Phi) is 12.9. The van der Waals surface area contributed by atoms with Crippen LogP contribution in [0.25, 0.3) is 0 Å². The molecule has 1 atom stereocenters. The van der Waals surface area contributed by atoms with Crippen LogP contribution in [0.15, 0.2) is 78.9 Å². The van der Waals surface area contributed by atoms with Gasteiger partial charge in [0.05, 0.1) is 13.2 Å². The second-order valence-corrected chi connectivity index (χ2v) is 9.14. The van der Waals surface area contributed by atoms with E-state index >= 15 is 0 Å². The number of carboxylic acids is 1. The van der Waals surface area contributed by atoms with E-state index in [2.05, 4.69) is 5.32 Å². The second-order valence-electron chi connectivity index (χ2n) is 9.14. The summed E-state index contributed by atoms with van der Waals surface area (Å²) in [4.78, 5) is 26.0. The van der Waals surface area contributed by atoms with Crippen LogP contribution in [-0.2, 0) is 33.8 Å². The van der Waals surface area contributed by atoms with Crippen molar-refractivity contribution in [3.8, 4) is 5.75 Å². The third-order valence-corrected chi connectivity index (χ3v) is 6.09. The highest BCUT2D eigenvalue weighted by Crippen LogP contribution is 2.15. The molecule has 2 amide bonds. The highest BCUT2D eigenvalue weighted by atomic mass is 19.1. The molecule has 0 saturated carbocycles. The minimum Gasteiger partial charge on any atom is -0.492 e. The first-order valence-corrected chi connectivity index (χ1v) is 13.4. The van der Waals surface area contributed by atoms with Crippen molar-refractivity contribution in [1.82, 2.24) is 10.2 Å². The smallest absolute Gasteiger partial charge is 0.333 e. The molecule has 0 aliphatic rings. The Bertz CT molecular complexity index is 1160. The average Bonchev–Trinajstić information content (AvgIpc) is 2.97. The van der Waals surface area contributed by atoms with Crippen LogP contribution >= 0.6 is 0 Å². The van der Waals surface area contributed by atoms with Crippen molar-refractivity contribution in [3.05, 3.63) is 101 Å². The maximum atomic E-state index is 13.1. The number of carbonyl (C=O) groups excluding carboxylic acids is 1. The fourth-order valence-electron chi connectivity index (χ4n) is 3.96. The van der Waals surface area contributed by atoms with Crippen LogP contribution in [0.5, 0.6) is 5.75 Å². The Hall–Kier alpha value is -3.95. The molecular weight excluding hydrogens is 515 g/mol. The van der Waals surface area contributed by atoms with E-state index in [0.29, 0.717) is 51.6 Å². The molecule has 0 radical (unpaired) electrons. The molecule has 0 saturated heterocycles. The van der Waals surface area contributed by atoms with Gasteiger partial charge >= 0.3 is 12.0 Å². The van der Waals surface area contributed by atoms with Crippen LogP contribution in [0.3, 0.4) is 0 Å². The predicted octanol–water partition coefficient (Wildman–Crippen LogP) is 5.06. The lowest BCUT2D eigenvalue weighted by molar-refractivity contribution is -0.149. The number of ether oxygens (including phenoxy) is 3. The third-order valence-electron chi connectivity index (χ3n) is 6.09. The quantitative estimate of drug-likeness (QED) is 0.227. The molecule has 0 aliphatic carbocycles. The number of nitrogens with one attached hydrogen (secondary N) is 1. The van der Waals surface area contributed by atoms with Crippen LogP contribution in [0.4, 0.5) is 9.18 Å². The Labute approximate surface area is 234 Å². The molecule has 8 nitrogen and oxygen atoms in total. The summed E-state index contributed by atoms with van der Waals surface area (Å²) in [5.74, 6) is -0.652. The molecule has 9 heteroatoms. The summed E-state index contributed by atoms with van der Waals surface area (Å²) in [6.07, 6.45) is 0.000701. The topological polar surface area (TPSA) is 97.3 Å². The van der Waals surface area contributed by atoms with Crippen molar-refractivity contribution >= 4 is 12.0 Å². The van der Waals surface area contributed by atoms with Gasteiger partial charge in [0, 0.05) is 32.7 Å². The van der Waals surface area contributed by atoms with Crippen molar-refractivity contribution in [2.24, 2.45) is 0 Å². The van der Waals surface area contributed by atoms with Gasteiger partial charge in [0.2, 0.25) is 0 Å². The fourth-order valence-corrected chi connectivity index (χ4v) is 3.96. The van der Waals surface area contributed by atoms with E-state index in [-0.39, 0.29) is 24.9 Å². The fraction of sp³-hybridized carbons (Fsp3) is 0.355. The van der Waals surface area contributed by atoms with Crippen molar-refractivity contribution in [1.29, 1.82) is 0 Å². The summed E-state index contributed by atoms with van der Waals surface area (Å²) in [7, 11) is 0. The zero-order valence-electron chi connectivity index (χ0n) is 22.8. The molecule has 3 rings (SSSR count). The first-order valence-electron chi connectivity index (χ1n) is 13.4. The van der Waals surface area contributed by atoms with Crippen LogP contribution in [0.1, 0.15) is 30.0 Å². The zero-order valence-corrected chi connectivity index (χ0v) is 22.8. The number of hydrogen-bond donors (Lipinski definition) is 2. The van der Waals surface area contributed by atoms with Crippen molar-refractivity contribution in [3.63, 3.8) is 0 Å². The maximum absolute atomic E-state index is 13.1. The summed E-state index contributed by atoms with van der Waals surface area (Å²) in [5.41, 5.74) is 2.72. The summed E-state index contributed by atoms with van der Waals surface area (Å²) in [6.45, 7) is 4.45. The standard InChI is InChI=1S/C31H37FN2O6/c1-2-39-29(30(35)36)21-24-11-15-28(16-12-24)40-20-18-34(31(37)33-22-25-7-4-3-5-8-25)17-6-19-38-23-26-9-13-27(32)14-10-26/h3-5,7-16,29H,2,6,17-23H2,1H3,(H,33,37)(H,35,36). The van der Waals surface area contributed by atoms with Crippen LogP contribution in [0, 0.1) is 5.82 Å². The first kappa shape index (κ1) is 30.6. The summed E-state index contributed by atoms with van der Waals surface area (Å²) >= 11 is 0. The van der Waals surface area contributed by atoms with Gasteiger partial charge < -0.3 is 29.5 Å². The van der Waals surface area contributed by atoms with E-state index in [1.165, 1.54) is 12.1 Å². The minimum atomic E-state index is -0.992. The summed E-state index contributed by atoms with van der Waals surface area (Å²) in [5, 5.41) is 12.2. The van der Waals surface area contributed by atoms with E-state index in [1.807, 2.05) is 42.5 Å². The molecule has 1 unspecified atom stereocenters. The highest BCUT2D eigenvalue weighted by Gasteiger charge is 2.18. The van der Waals surface area contributed by atoms with Crippen molar-refractivity contribution in [2.45, 2.75) is 39.0 Å². The summed E-state index contributed by atoms with van der Waals surface area (Å²) < 4.78 is 29.9. The molecule has 0 spiro atoms. The van der Waals surface area contributed by atoms with Gasteiger partial charge in [-0.15, -0.1) is 0 Å². The third kappa shape index (κ3) is 11.0. The normalized spacial score (nSPS) is 11.6. The van der Waals surface area contributed by atoms with Crippen molar-refractivity contribution in [2.75, 3.05) is 32.9 Å². The maximum Gasteiger partial charge on any atom is 0.333 e. The molecule has 3 aromatic rings. The number of halogens is 1. The lowest BCUT2D eigenvalue weighted by Crippen LogP contribution is -2.42. The van der Waals surface area contributed by atoms with E-state index in [0.717, 1.165) is 16.7 Å². The van der Waals surface area contributed by atoms with E-state index in [9.17, 15) is 19.1 Å². The van der Waals surface area contributed by atoms with E-state index < -0.39 is 12.1 Å².